The van der Waals surface area contributed by atoms with Gasteiger partial charge in [-0.05, 0) is 18.8 Å². The van der Waals surface area contributed by atoms with Crippen molar-refractivity contribution in [3.8, 4) is 0 Å². The minimum Gasteiger partial charge on any atom is -0.391 e. The fourth-order valence-corrected chi connectivity index (χ4v) is 2.09. The second-order valence-corrected chi connectivity index (χ2v) is 4.36. The van der Waals surface area contributed by atoms with Gasteiger partial charge in [-0.25, -0.2) is 0 Å². The third-order valence-electron chi connectivity index (χ3n) is 3.07. The molecule has 4 heteroatoms. The maximum absolute atomic E-state index is 9.94. The SMILES string of the molecule is C=CCNC(N)=NCC(O)C1CCCCC1. The van der Waals surface area contributed by atoms with Gasteiger partial charge in [-0.1, -0.05) is 25.3 Å². The van der Waals surface area contributed by atoms with E-state index in [1.165, 1.54) is 19.3 Å². The van der Waals surface area contributed by atoms with E-state index in [-0.39, 0.29) is 6.10 Å². The summed E-state index contributed by atoms with van der Waals surface area (Å²) in [6.45, 7) is 4.59. The van der Waals surface area contributed by atoms with Gasteiger partial charge >= 0.3 is 0 Å². The monoisotopic (exact) mass is 225 g/mol. The van der Waals surface area contributed by atoms with Crippen molar-refractivity contribution in [1.82, 2.24) is 5.32 Å². The van der Waals surface area contributed by atoms with E-state index in [0.717, 1.165) is 12.8 Å². The number of nitrogens with two attached hydrogens (primary N) is 1. The minimum absolute atomic E-state index is 0.343. The first kappa shape index (κ1) is 13.0. The van der Waals surface area contributed by atoms with Gasteiger partial charge in [0.15, 0.2) is 5.96 Å². The molecule has 4 nitrogen and oxygen atoms in total. The van der Waals surface area contributed by atoms with Crippen LogP contribution in [0.3, 0.4) is 0 Å². The zero-order valence-corrected chi connectivity index (χ0v) is 9.86. The van der Waals surface area contributed by atoms with E-state index in [1.807, 2.05) is 0 Å². The predicted octanol–water partition coefficient (Wildman–Crippen LogP) is 1.02. The number of aliphatic hydroxyl groups excluding tert-OH is 1. The van der Waals surface area contributed by atoms with Crippen LogP contribution in [0.5, 0.6) is 0 Å². The Balaban J connectivity index is 2.26. The third kappa shape index (κ3) is 4.66. The van der Waals surface area contributed by atoms with Gasteiger partial charge in [-0.2, -0.15) is 0 Å². The molecule has 1 rings (SSSR count). The first-order chi connectivity index (χ1) is 7.74. The van der Waals surface area contributed by atoms with E-state index in [1.54, 1.807) is 6.08 Å². The van der Waals surface area contributed by atoms with Crippen LogP contribution in [0.4, 0.5) is 0 Å². The smallest absolute Gasteiger partial charge is 0.188 e. The standard InChI is InChI=1S/C12H23N3O/c1-2-8-14-12(13)15-9-11(16)10-6-4-3-5-7-10/h2,10-11,16H,1,3-9H2,(H3,13,14,15). The Bertz CT molecular complexity index is 234. The molecule has 0 aromatic heterocycles. The third-order valence-corrected chi connectivity index (χ3v) is 3.07. The zero-order valence-electron chi connectivity index (χ0n) is 9.86. The van der Waals surface area contributed by atoms with Gasteiger partial charge in [0.1, 0.15) is 0 Å². The Kier molecular flexibility index (Phi) is 5.93. The molecule has 1 aliphatic rings. The lowest BCUT2D eigenvalue weighted by atomic mass is 9.85. The Morgan fingerprint density at radius 1 is 1.50 bits per heavy atom. The van der Waals surface area contributed by atoms with Crippen molar-refractivity contribution in [3.63, 3.8) is 0 Å². The Labute approximate surface area is 97.6 Å². The van der Waals surface area contributed by atoms with Crippen molar-refractivity contribution in [1.29, 1.82) is 0 Å². The van der Waals surface area contributed by atoms with Crippen LogP contribution in [0.25, 0.3) is 0 Å². The molecule has 0 aromatic rings. The second kappa shape index (κ2) is 7.28. The van der Waals surface area contributed by atoms with Gasteiger partial charge in [-0.15, -0.1) is 6.58 Å². The van der Waals surface area contributed by atoms with Gasteiger partial charge in [-0.3, -0.25) is 4.99 Å². The van der Waals surface area contributed by atoms with E-state index < -0.39 is 0 Å². The number of guanidine groups is 1. The minimum atomic E-state index is -0.343. The predicted molar refractivity (Wildman–Crippen MR) is 67.3 cm³/mol. The quantitative estimate of drug-likeness (QED) is 0.371. The largest absolute Gasteiger partial charge is 0.391 e. The first-order valence-corrected chi connectivity index (χ1v) is 6.06. The number of aliphatic hydroxyl groups is 1. The molecule has 1 aliphatic carbocycles. The number of nitrogens with one attached hydrogen (secondary N) is 1. The fourth-order valence-electron chi connectivity index (χ4n) is 2.09. The van der Waals surface area contributed by atoms with Crippen LogP contribution in [0.1, 0.15) is 32.1 Å². The summed E-state index contributed by atoms with van der Waals surface area (Å²) in [7, 11) is 0. The Morgan fingerprint density at radius 2 is 2.19 bits per heavy atom. The maximum atomic E-state index is 9.94. The van der Waals surface area contributed by atoms with E-state index >= 15 is 0 Å². The number of rotatable bonds is 5. The number of hydrogen-bond donors (Lipinski definition) is 3. The van der Waals surface area contributed by atoms with Gasteiger partial charge in [0.25, 0.3) is 0 Å². The molecule has 1 unspecified atom stereocenters. The molecule has 1 atom stereocenters. The molecule has 0 heterocycles. The second-order valence-electron chi connectivity index (χ2n) is 4.36. The van der Waals surface area contributed by atoms with Gasteiger partial charge < -0.3 is 16.2 Å². The lowest BCUT2D eigenvalue weighted by Gasteiger charge is -2.25. The van der Waals surface area contributed by atoms with Crippen molar-refractivity contribution in [2.75, 3.05) is 13.1 Å². The lowest BCUT2D eigenvalue weighted by molar-refractivity contribution is 0.0924. The zero-order chi connectivity index (χ0) is 11.8. The lowest BCUT2D eigenvalue weighted by Crippen LogP contribution is -2.34. The number of aliphatic imine (C=N–C) groups is 1. The fraction of sp³-hybridized carbons (Fsp3) is 0.750. The summed E-state index contributed by atoms with van der Waals surface area (Å²) in [5.74, 6) is 0.791. The molecule has 0 aromatic carbocycles. The Hall–Kier alpha value is -1.03. The van der Waals surface area contributed by atoms with Crippen LogP contribution in [-0.2, 0) is 0 Å². The highest BCUT2D eigenvalue weighted by molar-refractivity contribution is 5.77. The van der Waals surface area contributed by atoms with Crippen LogP contribution >= 0.6 is 0 Å². The molecule has 16 heavy (non-hydrogen) atoms. The molecule has 0 radical (unpaired) electrons. The highest BCUT2D eigenvalue weighted by atomic mass is 16.3. The maximum Gasteiger partial charge on any atom is 0.188 e. The molecule has 0 bridgehead atoms. The van der Waals surface area contributed by atoms with Crippen molar-refractivity contribution in [3.05, 3.63) is 12.7 Å². The highest BCUT2D eigenvalue weighted by Crippen LogP contribution is 2.26. The van der Waals surface area contributed by atoms with E-state index in [9.17, 15) is 5.11 Å². The molecule has 0 spiro atoms. The molecule has 4 N–H and O–H groups in total. The molecule has 92 valence electrons. The molecular weight excluding hydrogens is 202 g/mol. The molecule has 0 aliphatic heterocycles. The van der Waals surface area contributed by atoms with E-state index in [2.05, 4.69) is 16.9 Å². The molecule has 0 amide bonds. The summed E-state index contributed by atoms with van der Waals surface area (Å²) >= 11 is 0. The first-order valence-electron chi connectivity index (χ1n) is 6.06. The van der Waals surface area contributed by atoms with Crippen LogP contribution < -0.4 is 11.1 Å². The topological polar surface area (TPSA) is 70.6 Å². The van der Waals surface area contributed by atoms with Gasteiger partial charge in [0.05, 0.1) is 12.6 Å². The van der Waals surface area contributed by atoms with Crippen LogP contribution in [0, 0.1) is 5.92 Å². The van der Waals surface area contributed by atoms with Gasteiger partial charge in [0, 0.05) is 6.54 Å². The normalized spacial score (nSPS) is 20.4. The van der Waals surface area contributed by atoms with E-state index in [0.29, 0.717) is 25.0 Å². The number of hydrogen-bond acceptors (Lipinski definition) is 2. The van der Waals surface area contributed by atoms with Crippen molar-refractivity contribution in [2.45, 2.75) is 38.2 Å². The van der Waals surface area contributed by atoms with Gasteiger partial charge in [0.2, 0.25) is 0 Å². The average Bonchev–Trinajstić information content (AvgIpc) is 2.34. The summed E-state index contributed by atoms with van der Waals surface area (Å²) in [6.07, 6.45) is 7.39. The van der Waals surface area contributed by atoms with Crippen molar-refractivity contribution in [2.24, 2.45) is 16.6 Å². The summed E-state index contributed by atoms with van der Waals surface area (Å²) < 4.78 is 0. The van der Waals surface area contributed by atoms with Crippen molar-refractivity contribution >= 4 is 5.96 Å². The van der Waals surface area contributed by atoms with Crippen LogP contribution in [-0.4, -0.2) is 30.3 Å². The van der Waals surface area contributed by atoms with Crippen LogP contribution in [0.2, 0.25) is 0 Å². The summed E-state index contributed by atoms with van der Waals surface area (Å²) in [6, 6.07) is 0. The molecule has 0 saturated heterocycles. The molecular formula is C12H23N3O. The summed E-state index contributed by atoms with van der Waals surface area (Å²) in [5.41, 5.74) is 5.62. The van der Waals surface area contributed by atoms with Crippen LogP contribution in [0.15, 0.2) is 17.6 Å². The Morgan fingerprint density at radius 3 is 2.81 bits per heavy atom. The van der Waals surface area contributed by atoms with E-state index in [4.69, 9.17) is 5.73 Å². The van der Waals surface area contributed by atoms with Crippen molar-refractivity contribution < 1.29 is 5.11 Å². The summed E-state index contributed by atoms with van der Waals surface area (Å²) in [5, 5.41) is 12.8. The highest BCUT2D eigenvalue weighted by Gasteiger charge is 2.21. The molecule has 1 saturated carbocycles. The molecule has 1 fully saturated rings. The number of nitrogens with zero attached hydrogens (tertiary/aromatic N) is 1. The average molecular weight is 225 g/mol. The summed E-state index contributed by atoms with van der Waals surface area (Å²) in [4.78, 5) is 4.12.